The van der Waals surface area contributed by atoms with Gasteiger partial charge < -0.3 is 11.5 Å². The minimum atomic E-state index is -0.453. The van der Waals surface area contributed by atoms with E-state index >= 15 is 0 Å². The highest BCUT2D eigenvalue weighted by Gasteiger charge is 2.04. The van der Waals surface area contributed by atoms with Gasteiger partial charge in [0.05, 0.1) is 5.56 Å². The summed E-state index contributed by atoms with van der Waals surface area (Å²) in [5.74, 6) is -0.453. The fourth-order valence-corrected chi connectivity index (χ4v) is 0.853. The molecule has 0 aromatic heterocycles. The van der Waals surface area contributed by atoms with E-state index in [4.69, 9.17) is 16.9 Å². The van der Waals surface area contributed by atoms with E-state index in [0.717, 1.165) is 0 Å². The lowest BCUT2D eigenvalue weighted by molar-refractivity contribution is -0.104. The Bertz CT molecular complexity index is 273. The largest absolute Gasteiger partial charge is 0.398 e. The van der Waals surface area contributed by atoms with Gasteiger partial charge in [0.15, 0.2) is 6.21 Å². The van der Waals surface area contributed by atoms with Crippen LogP contribution in [0.4, 0.5) is 15.8 Å². The maximum absolute atomic E-state index is 12.5. The zero-order valence-corrected chi connectivity index (χ0v) is 5.84. The number of nitrogens with two attached hydrogens (primary N) is 3. The van der Waals surface area contributed by atoms with E-state index in [0.29, 0.717) is 5.56 Å². The lowest BCUT2D eigenvalue weighted by atomic mass is 10.1. The number of rotatable bonds is 1. The van der Waals surface area contributed by atoms with Crippen LogP contribution in [0.1, 0.15) is 5.56 Å². The second-order valence-corrected chi connectivity index (χ2v) is 2.16. The van der Waals surface area contributed by atoms with Gasteiger partial charge in [0, 0.05) is 11.4 Å². The number of hydrogen-bond acceptors (Lipinski definition) is 2. The quantitative estimate of drug-likeness (QED) is 0.364. The third kappa shape index (κ3) is 1.29. The van der Waals surface area contributed by atoms with Gasteiger partial charge in [-0.15, -0.1) is 0 Å². The molecule has 11 heavy (non-hydrogen) atoms. The Morgan fingerprint density at radius 1 is 1.27 bits per heavy atom. The van der Waals surface area contributed by atoms with E-state index < -0.39 is 5.82 Å². The van der Waals surface area contributed by atoms with Crippen molar-refractivity contribution in [2.75, 3.05) is 11.5 Å². The molecule has 3 nitrogen and oxygen atoms in total. The van der Waals surface area contributed by atoms with Gasteiger partial charge in [-0.25, -0.2) is 4.39 Å². The third-order valence-electron chi connectivity index (χ3n) is 1.38. The predicted molar refractivity (Wildman–Crippen MR) is 42.3 cm³/mol. The van der Waals surface area contributed by atoms with Crippen LogP contribution in [-0.4, -0.2) is 6.21 Å². The van der Waals surface area contributed by atoms with Crippen molar-refractivity contribution in [2.45, 2.75) is 0 Å². The molecule has 0 spiro atoms. The van der Waals surface area contributed by atoms with Crippen molar-refractivity contribution in [3.8, 4) is 0 Å². The number of nitrogen functional groups attached to an aromatic ring is 2. The first-order chi connectivity index (χ1) is 5.15. The molecular formula is C7H9FN3+. The van der Waals surface area contributed by atoms with Crippen LogP contribution >= 0.6 is 0 Å². The summed E-state index contributed by atoms with van der Waals surface area (Å²) in [6, 6.07) is 2.35. The molecule has 0 saturated carbocycles. The number of benzene rings is 1. The number of halogens is 1. The summed E-state index contributed by atoms with van der Waals surface area (Å²) in [7, 11) is 0. The fraction of sp³-hybridized carbons (Fsp3) is 0. The molecule has 0 saturated heterocycles. The average Bonchev–Trinajstić information content (AvgIpc) is 1.85. The Morgan fingerprint density at radius 3 is 2.09 bits per heavy atom. The lowest BCUT2D eigenvalue weighted by Crippen LogP contribution is -2.30. The summed E-state index contributed by atoms with van der Waals surface area (Å²) in [4.78, 5) is 0. The molecule has 0 aliphatic heterocycles. The Labute approximate surface area is 63.3 Å². The van der Waals surface area contributed by atoms with Crippen molar-refractivity contribution >= 4 is 17.6 Å². The summed E-state index contributed by atoms with van der Waals surface area (Å²) in [5.41, 5.74) is 11.8. The van der Waals surface area contributed by atoms with Crippen molar-refractivity contribution < 1.29 is 9.80 Å². The van der Waals surface area contributed by atoms with Crippen LogP contribution in [0.2, 0.25) is 0 Å². The van der Waals surface area contributed by atoms with E-state index in [-0.39, 0.29) is 11.4 Å². The molecule has 4 heteroatoms. The minimum absolute atomic E-state index is 0.255. The highest BCUT2D eigenvalue weighted by molar-refractivity contribution is 5.90. The van der Waals surface area contributed by atoms with Crippen molar-refractivity contribution in [2.24, 2.45) is 0 Å². The summed E-state index contributed by atoms with van der Waals surface area (Å²) in [5, 5.41) is 5.19. The van der Waals surface area contributed by atoms with E-state index in [1.165, 1.54) is 18.3 Å². The third-order valence-corrected chi connectivity index (χ3v) is 1.38. The number of anilines is 2. The molecule has 0 bridgehead atoms. The van der Waals surface area contributed by atoms with Crippen LogP contribution in [0.3, 0.4) is 0 Å². The summed E-state index contributed by atoms with van der Waals surface area (Å²) < 4.78 is 12.5. The molecule has 1 aromatic rings. The Balaban J connectivity index is 3.36. The van der Waals surface area contributed by atoms with Crippen molar-refractivity contribution in [3.05, 3.63) is 23.5 Å². The molecule has 0 atom stereocenters. The monoisotopic (exact) mass is 154 g/mol. The van der Waals surface area contributed by atoms with E-state index in [1.54, 1.807) is 0 Å². The second kappa shape index (κ2) is 2.57. The Kier molecular flexibility index (Phi) is 1.76. The van der Waals surface area contributed by atoms with E-state index in [1.807, 2.05) is 0 Å². The van der Waals surface area contributed by atoms with Crippen LogP contribution in [-0.2, 0) is 0 Å². The van der Waals surface area contributed by atoms with Gasteiger partial charge in [0.25, 0.3) is 0 Å². The van der Waals surface area contributed by atoms with Gasteiger partial charge in [-0.3, -0.25) is 5.41 Å². The molecule has 0 amide bonds. The Morgan fingerprint density at radius 2 is 1.73 bits per heavy atom. The molecule has 6 N–H and O–H groups in total. The molecule has 0 aliphatic rings. The van der Waals surface area contributed by atoms with Crippen LogP contribution in [0, 0.1) is 5.82 Å². The minimum Gasteiger partial charge on any atom is -0.398 e. The van der Waals surface area contributed by atoms with Gasteiger partial charge >= 0.3 is 0 Å². The standard InChI is InChI=1S/C7H8FN3/c8-4-1-6(10)5(3-9)7(11)2-4/h1-3,9H,10-11H2/p+1. The first-order valence-corrected chi connectivity index (χ1v) is 3.04. The molecule has 0 aliphatic carbocycles. The maximum Gasteiger partial charge on any atom is 0.171 e. The Hall–Kier alpha value is -1.58. The van der Waals surface area contributed by atoms with Crippen LogP contribution in [0.15, 0.2) is 12.1 Å². The molecule has 0 fully saturated rings. The zero-order chi connectivity index (χ0) is 8.43. The maximum atomic E-state index is 12.5. The van der Waals surface area contributed by atoms with Crippen LogP contribution in [0.25, 0.3) is 0 Å². The first-order valence-electron chi connectivity index (χ1n) is 3.04. The molecule has 0 unspecified atom stereocenters. The summed E-state index contributed by atoms with van der Waals surface area (Å²) in [6.45, 7) is 0. The molecule has 1 rings (SSSR count). The van der Waals surface area contributed by atoms with Crippen LogP contribution in [0.5, 0.6) is 0 Å². The van der Waals surface area contributed by atoms with Crippen molar-refractivity contribution in [1.29, 1.82) is 0 Å². The fourth-order valence-electron chi connectivity index (χ4n) is 0.853. The van der Waals surface area contributed by atoms with E-state index in [9.17, 15) is 4.39 Å². The first kappa shape index (κ1) is 7.53. The van der Waals surface area contributed by atoms with Crippen molar-refractivity contribution in [3.63, 3.8) is 0 Å². The molecular weight excluding hydrogens is 145 g/mol. The van der Waals surface area contributed by atoms with Crippen molar-refractivity contribution in [1.82, 2.24) is 0 Å². The second-order valence-electron chi connectivity index (χ2n) is 2.16. The van der Waals surface area contributed by atoms with Gasteiger partial charge in [0.1, 0.15) is 5.82 Å². The predicted octanol–water partition coefficient (Wildman–Crippen LogP) is -0.832. The molecule has 0 heterocycles. The molecule has 1 aromatic carbocycles. The highest BCUT2D eigenvalue weighted by atomic mass is 19.1. The summed E-state index contributed by atoms with van der Waals surface area (Å²) in [6.07, 6.45) is 1.25. The molecule has 0 radical (unpaired) electrons. The lowest BCUT2D eigenvalue weighted by Gasteiger charge is -2.00. The SMILES string of the molecule is Nc1cc(F)cc(N)c1C=[NH2+]. The topological polar surface area (TPSA) is 77.6 Å². The van der Waals surface area contributed by atoms with Gasteiger partial charge in [-0.2, -0.15) is 0 Å². The highest BCUT2D eigenvalue weighted by Crippen LogP contribution is 2.18. The van der Waals surface area contributed by atoms with Gasteiger partial charge in [0.2, 0.25) is 0 Å². The van der Waals surface area contributed by atoms with Gasteiger partial charge in [-0.05, 0) is 12.1 Å². The normalized spacial score (nSPS) is 9.55. The smallest absolute Gasteiger partial charge is 0.171 e. The van der Waals surface area contributed by atoms with Crippen LogP contribution < -0.4 is 16.9 Å². The number of hydrogen-bond donors (Lipinski definition) is 3. The molecule has 58 valence electrons. The zero-order valence-electron chi connectivity index (χ0n) is 5.84. The summed E-state index contributed by atoms with van der Waals surface area (Å²) >= 11 is 0. The van der Waals surface area contributed by atoms with E-state index in [2.05, 4.69) is 0 Å². The average molecular weight is 154 g/mol. The van der Waals surface area contributed by atoms with Gasteiger partial charge in [-0.1, -0.05) is 0 Å².